The average Bonchev–Trinajstić information content (AvgIpc) is 2.85. The fraction of sp³-hybridized carbons (Fsp3) is 1.00. The van der Waals surface area contributed by atoms with E-state index in [2.05, 4.69) is 526 Å². The Kier molecular flexibility index (Phi) is 27.8. The minimum Gasteiger partial charge on any atom is -0.202 e. The lowest BCUT2D eigenvalue weighted by molar-refractivity contribution is 0.137. The van der Waals surface area contributed by atoms with Crippen LogP contribution in [0.2, 0.25) is 0 Å². The van der Waals surface area contributed by atoms with Crippen molar-refractivity contribution in [3.63, 3.8) is 0 Å². The number of halogens is 33. The van der Waals surface area contributed by atoms with Gasteiger partial charge in [-0.25, -0.2) is 5.11 Å². The van der Waals surface area contributed by atoms with Gasteiger partial charge in [0.2, 0.25) is 3.42 Å². The largest absolute Gasteiger partial charge is 0.239 e. The minimum atomic E-state index is -1.96. The van der Waals surface area contributed by atoms with Crippen molar-refractivity contribution in [3.8, 4) is 0 Å². The van der Waals surface area contributed by atoms with Gasteiger partial charge in [-0.2, -0.15) is 0 Å². The van der Waals surface area contributed by atoms with Crippen molar-refractivity contribution in [2.75, 3.05) is 0 Å². The second-order valence-corrected chi connectivity index (χ2v) is 67.3. The molecule has 1 radical (unpaired) electrons. The molecule has 0 atom stereocenters. The first-order chi connectivity index (χ1) is 20.8. The molecule has 0 fully saturated rings. The van der Waals surface area contributed by atoms with Gasteiger partial charge in [0.25, 0.3) is 0 Å². The monoisotopic (exact) mass is 2810 g/mol. The van der Waals surface area contributed by atoms with Crippen LogP contribution in [0.4, 0.5) is 0 Å². The van der Waals surface area contributed by atoms with Crippen molar-refractivity contribution in [2.45, 2.75) is 50.8 Å². The third-order valence-corrected chi connectivity index (χ3v) is 75.0. The fourth-order valence-electron chi connectivity index (χ4n) is 2.73. The zero-order valence-electron chi connectivity index (χ0n) is 20.9. The predicted molar refractivity (Wildman–Crippen MR) is 339 cm³/mol. The van der Waals surface area contributed by atoms with Crippen LogP contribution < -0.4 is 0 Å². The maximum Gasteiger partial charge on any atom is 0.239 e. The number of hydrogen-bond acceptors (Lipinski definition) is 0. The molecule has 0 aliphatic heterocycles. The van der Waals surface area contributed by atoms with Gasteiger partial charge < -0.3 is 0 Å². The van der Waals surface area contributed by atoms with Crippen LogP contribution in [0.25, 0.3) is 0 Å². The molecule has 1 nitrogen and oxygen atoms in total. The Morgan fingerprint density at radius 3 is 0.360 bits per heavy atom. The minimum absolute atomic E-state index is 0.908. The predicted octanol–water partition coefficient (Wildman–Crippen LogP) is 24.5. The van der Waals surface area contributed by atoms with E-state index in [9.17, 15) is 5.11 Å². The molecule has 0 aromatic heterocycles. The lowest BCUT2D eigenvalue weighted by Crippen LogP contribution is -2.73. The van der Waals surface area contributed by atoms with E-state index < -0.39 is 50.8 Å². The molecule has 0 N–H and O–H groups in total. The molecule has 0 rings (SSSR count). The Morgan fingerprint density at radius 2 is 0.260 bits per heavy atom. The van der Waals surface area contributed by atoms with Gasteiger partial charge in [0, 0.05) is 0 Å². The summed E-state index contributed by atoms with van der Waals surface area (Å²) in [7, 11) is 0. The zero-order valence-corrected chi connectivity index (χ0v) is 73.2. The zero-order chi connectivity index (χ0) is 42.0. The summed E-state index contributed by atoms with van der Waals surface area (Å²) >= 11 is 126. The highest BCUT2D eigenvalue weighted by Crippen LogP contribution is 2.83. The maximum atomic E-state index is 13.3. The quantitative estimate of drug-likeness (QED) is 0.155. The molecule has 0 spiro atoms. The molecule has 0 aromatic rings. The first-order valence-corrected chi connectivity index (χ1v) is 36.4. The lowest BCUT2D eigenvalue weighted by Gasteiger charge is -2.62. The van der Waals surface area contributed by atoms with Crippen LogP contribution in [-0.4, -0.2) is 50.8 Å². The molecule has 0 aromatic carbocycles. The van der Waals surface area contributed by atoms with Crippen LogP contribution in [0.1, 0.15) is 0 Å². The smallest absolute Gasteiger partial charge is 0.202 e. The molecule has 0 aliphatic carbocycles. The van der Waals surface area contributed by atoms with Crippen LogP contribution in [0.5, 0.6) is 0 Å². The molecule has 301 valence electrons. The normalized spacial score (nSPS) is 17.4. The molecule has 0 unspecified atom stereocenters. The van der Waals surface area contributed by atoms with E-state index in [0.717, 1.165) is 0 Å². The summed E-state index contributed by atoms with van der Waals surface area (Å²) in [6.07, 6.45) is 0. The summed E-state index contributed by atoms with van der Waals surface area (Å²) in [5.41, 5.74) is 0. The Labute approximate surface area is 567 Å². The summed E-state index contributed by atoms with van der Waals surface area (Å²) < 4.78 is -21.1. The molecular weight excluding hydrogens is 2850 g/mol. The third-order valence-electron chi connectivity index (χ3n) is 5.85. The summed E-state index contributed by atoms with van der Waals surface area (Å²) in [5, 5.41) is 13.3. The average molecular weight is 2850 g/mol. The summed E-state index contributed by atoms with van der Waals surface area (Å²) in [5.74, 6) is 0. The molecular formula is C16Br33O. The molecule has 0 heterocycles. The highest BCUT2D eigenvalue weighted by atomic mass is 80.0. The molecule has 0 saturated carbocycles. The van der Waals surface area contributed by atoms with Gasteiger partial charge in [0.15, 0.2) is 5.38 Å². The summed E-state index contributed by atoms with van der Waals surface area (Å²) in [6, 6.07) is 0. The standard InChI is InChI=1S/C16Br33O/c17-1(18,3(21,22)5(25,26)7(29,30)9(33,34)11(37,38)13(41,42)15(45,46)47)2(19,20)4(23,24)6(27,28)8(31,32)10(35,36)12(39,40)14(43,44)16(48,49)50. The maximum absolute atomic E-state index is 13.3. The topological polar surface area (TPSA) is 19.9 Å². The van der Waals surface area contributed by atoms with Gasteiger partial charge in [-0.15, -0.1) is 0 Å². The van der Waals surface area contributed by atoms with Crippen molar-refractivity contribution in [2.24, 2.45) is 0 Å². The van der Waals surface area contributed by atoms with Gasteiger partial charge in [-0.3, -0.25) is 0 Å². The fourth-order valence-corrected chi connectivity index (χ4v) is 35.1. The molecule has 0 amide bonds. The Morgan fingerprint density at radius 1 is 0.160 bits per heavy atom. The van der Waals surface area contributed by atoms with Crippen molar-refractivity contribution < 1.29 is 5.11 Å². The second kappa shape index (κ2) is 21.1. The first kappa shape index (κ1) is 65.8. The van der Waals surface area contributed by atoms with Gasteiger partial charge in [-0.1, -0.05) is 494 Å². The van der Waals surface area contributed by atoms with Crippen LogP contribution in [0.3, 0.4) is 0 Å². The van der Waals surface area contributed by atoms with E-state index in [-0.39, 0.29) is 0 Å². The van der Waals surface area contributed by atoms with E-state index in [1.807, 2.05) is 0 Å². The highest BCUT2D eigenvalue weighted by molar-refractivity contribution is 9.43. The second-order valence-electron chi connectivity index (χ2n) is 9.06. The van der Waals surface area contributed by atoms with Crippen molar-refractivity contribution in [3.05, 3.63) is 0 Å². The van der Waals surface area contributed by atoms with E-state index in [1.54, 1.807) is 0 Å². The van der Waals surface area contributed by atoms with Gasteiger partial charge in [0.05, 0.1) is 0 Å². The lowest BCUT2D eigenvalue weighted by atomic mass is 10.0. The Hall–Kier alpha value is 15.8. The van der Waals surface area contributed by atoms with Crippen molar-refractivity contribution in [1.82, 2.24) is 0 Å². The summed E-state index contributed by atoms with van der Waals surface area (Å²) in [4.78, 5) is 0. The van der Waals surface area contributed by atoms with Gasteiger partial charge in [-0.05, 0) is 31.9 Å². The highest BCUT2D eigenvalue weighted by Gasteiger charge is 2.83. The molecule has 0 bridgehead atoms. The first-order valence-electron chi connectivity index (χ1n) is 10.2. The van der Waals surface area contributed by atoms with Crippen molar-refractivity contribution >= 4 is 526 Å². The SMILES string of the molecule is [O]C(Br)(Br)C(Br)(Br)C(Br)(Br)C(Br)(Br)C(Br)(Br)C(Br)(Br)C(Br)(Br)C(Br)(Br)C(Br)(Br)C(Br)(Br)C(Br)(Br)C(Br)(Br)C(Br)(Br)C(Br)(Br)C(Br)(Br)C(Br)(Br)Br. The van der Waals surface area contributed by atoms with Crippen LogP contribution >= 0.6 is 526 Å². The van der Waals surface area contributed by atoms with E-state index >= 15 is 0 Å². The summed E-state index contributed by atoms with van der Waals surface area (Å²) in [6.45, 7) is 0. The van der Waals surface area contributed by atoms with Gasteiger partial charge in [0.1, 0.15) is 42.0 Å². The number of rotatable bonds is 14. The molecule has 34 heteroatoms. The van der Waals surface area contributed by atoms with E-state index in [0.29, 0.717) is 0 Å². The Balaban J connectivity index is 7.70. The van der Waals surface area contributed by atoms with Crippen LogP contribution in [0, 0.1) is 0 Å². The molecule has 0 saturated heterocycles. The molecule has 0 aliphatic rings. The molecule has 50 heavy (non-hydrogen) atoms. The van der Waals surface area contributed by atoms with Gasteiger partial charge >= 0.3 is 0 Å². The van der Waals surface area contributed by atoms with Crippen LogP contribution in [0.15, 0.2) is 0 Å². The number of hydrogen-bond donors (Lipinski definition) is 0. The third kappa shape index (κ3) is 11.1. The van der Waals surface area contributed by atoms with E-state index in [1.165, 1.54) is 0 Å². The van der Waals surface area contributed by atoms with E-state index in [4.69, 9.17) is 0 Å². The van der Waals surface area contributed by atoms with Crippen molar-refractivity contribution in [1.29, 1.82) is 0 Å². The Bertz CT molecular complexity index is 1150. The number of alkyl halides is 33. The van der Waals surface area contributed by atoms with Crippen LogP contribution in [-0.2, 0) is 5.11 Å².